The number of amides is 1. The molecule has 3 N–H and O–H groups in total. The van der Waals surface area contributed by atoms with Crippen molar-refractivity contribution in [3.63, 3.8) is 0 Å². The third-order valence-corrected chi connectivity index (χ3v) is 5.48. The van der Waals surface area contributed by atoms with E-state index < -0.39 is 5.91 Å². The molecule has 30 heavy (non-hydrogen) atoms. The Hall–Kier alpha value is -3.78. The molecule has 2 aromatic carbocycles. The van der Waals surface area contributed by atoms with Gasteiger partial charge < -0.3 is 15.8 Å². The molecular weight excluding hydrogens is 400 g/mol. The van der Waals surface area contributed by atoms with Crippen molar-refractivity contribution >= 4 is 44.7 Å². The number of carbonyl (C=O) groups is 2. The number of aromatic nitrogens is 2. The van der Waals surface area contributed by atoms with Crippen molar-refractivity contribution in [1.29, 1.82) is 0 Å². The number of pyridine rings is 1. The second-order valence-electron chi connectivity index (χ2n) is 6.53. The number of nitrogens with zero attached hydrogens (tertiary/aromatic N) is 2. The van der Waals surface area contributed by atoms with Gasteiger partial charge in [0, 0.05) is 22.2 Å². The molecule has 0 spiro atoms. The van der Waals surface area contributed by atoms with E-state index in [4.69, 9.17) is 10.5 Å². The molecule has 0 bridgehead atoms. The minimum absolute atomic E-state index is 0.0277. The van der Waals surface area contributed by atoms with Crippen LogP contribution in [-0.4, -0.2) is 28.8 Å². The second kappa shape index (κ2) is 8.30. The summed E-state index contributed by atoms with van der Waals surface area (Å²) in [4.78, 5) is 33.7. The Morgan fingerprint density at radius 2 is 1.90 bits per heavy atom. The van der Waals surface area contributed by atoms with E-state index in [1.807, 2.05) is 30.3 Å². The van der Waals surface area contributed by atoms with Crippen molar-refractivity contribution in [3.8, 4) is 5.75 Å². The van der Waals surface area contributed by atoms with Gasteiger partial charge in [-0.05, 0) is 36.4 Å². The highest BCUT2D eigenvalue weighted by molar-refractivity contribution is 7.16. The summed E-state index contributed by atoms with van der Waals surface area (Å²) in [5.74, 6) is -0.145. The van der Waals surface area contributed by atoms with Gasteiger partial charge >= 0.3 is 0 Å². The van der Waals surface area contributed by atoms with E-state index in [2.05, 4.69) is 15.3 Å². The Kier molecular flexibility index (Phi) is 5.40. The second-order valence-corrected chi connectivity index (χ2v) is 7.61. The number of ether oxygens (including phenoxy) is 1. The Morgan fingerprint density at radius 1 is 1.13 bits per heavy atom. The topological polar surface area (TPSA) is 107 Å². The van der Waals surface area contributed by atoms with Crippen LogP contribution in [0.3, 0.4) is 0 Å². The Balaban J connectivity index is 1.57. The Bertz CT molecular complexity index is 1230. The Labute approximate surface area is 176 Å². The van der Waals surface area contributed by atoms with Crippen LogP contribution in [0, 0.1) is 0 Å². The fraction of sp³-hybridized carbons (Fsp3) is 0.0909. The number of thiazole rings is 1. The number of rotatable bonds is 7. The van der Waals surface area contributed by atoms with Crippen molar-refractivity contribution in [2.24, 2.45) is 5.73 Å². The van der Waals surface area contributed by atoms with Crippen molar-refractivity contribution in [1.82, 2.24) is 9.97 Å². The predicted molar refractivity (Wildman–Crippen MR) is 117 cm³/mol. The molecule has 0 saturated carbocycles. The molecule has 0 aliphatic heterocycles. The maximum absolute atomic E-state index is 12.7. The van der Waals surface area contributed by atoms with Gasteiger partial charge in [0.25, 0.3) is 5.91 Å². The van der Waals surface area contributed by atoms with Gasteiger partial charge in [-0.3, -0.25) is 14.6 Å². The van der Waals surface area contributed by atoms with E-state index in [0.29, 0.717) is 21.3 Å². The number of Topliss-reactive ketones (excluding diaryl/α,β-unsaturated/α-hetero) is 1. The smallest absolute Gasteiger partial charge is 0.268 e. The summed E-state index contributed by atoms with van der Waals surface area (Å²) in [6.07, 6.45) is 1.72. The number of benzene rings is 2. The van der Waals surface area contributed by atoms with E-state index in [1.54, 1.807) is 37.6 Å². The third-order valence-electron chi connectivity index (χ3n) is 4.51. The number of hydrogen-bond acceptors (Lipinski definition) is 7. The van der Waals surface area contributed by atoms with Gasteiger partial charge in [-0.15, -0.1) is 11.3 Å². The summed E-state index contributed by atoms with van der Waals surface area (Å²) < 4.78 is 5.11. The lowest BCUT2D eigenvalue weighted by Gasteiger charge is -2.03. The van der Waals surface area contributed by atoms with Crippen LogP contribution in [0.25, 0.3) is 10.9 Å². The number of carbonyl (C=O) groups excluding carboxylic acids is 2. The minimum atomic E-state index is -0.673. The number of anilines is 2. The van der Waals surface area contributed by atoms with E-state index in [0.717, 1.165) is 16.6 Å². The van der Waals surface area contributed by atoms with Crippen molar-refractivity contribution in [3.05, 3.63) is 76.9 Å². The molecule has 150 valence electrons. The van der Waals surface area contributed by atoms with Gasteiger partial charge in [0.2, 0.25) is 0 Å². The first-order chi connectivity index (χ1) is 14.5. The Morgan fingerprint density at radius 3 is 2.63 bits per heavy atom. The van der Waals surface area contributed by atoms with Gasteiger partial charge in [-0.1, -0.05) is 18.2 Å². The maximum atomic E-state index is 12.7. The van der Waals surface area contributed by atoms with Crippen LogP contribution in [0.1, 0.15) is 25.7 Å². The lowest BCUT2D eigenvalue weighted by molar-refractivity contribution is 0.0991. The molecule has 7 nitrogen and oxygen atoms in total. The van der Waals surface area contributed by atoms with Crippen LogP contribution in [0.2, 0.25) is 0 Å². The van der Waals surface area contributed by atoms with E-state index in [1.165, 1.54) is 11.3 Å². The zero-order valence-electron chi connectivity index (χ0n) is 16.1. The zero-order chi connectivity index (χ0) is 21.1. The largest absolute Gasteiger partial charge is 0.497 e. The minimum Gasteiger partial charge on any atom is -0.497 e. The molecule has 0 unspecified atom stereocenters. The lowest BCUT2D eigenvalue weighted by Crippen LogP contribution is -2.15. The molecule has 4 aromatic rings. The summed E-state index contributed by atoms with van der Waals surface area (Å²) in [5.41, 5.74) is 7.71. The number of nitrogens with one attached hydrogen (secondary N) is 1. The number of primary amides is 1. The molecule has 4 rings (SSSR count). The van der Waals surface area contributed by atoms with Gasteiger partial charge in [-0.25, -0.2) is 4.98 Å². The first kappa shape index (κ1) is 19.5. The quantitative estimate of drug-likeness (QED) is 0.440. The van der Waals surface area contributed by atoms with E-state index in [-0.39, 0.29) is 17.9 Å². The molecule has 0 fully saturated rings. The molecule has 2 aromatic heterocycles. The van der Waals surface area contributed by atoms with Crippen LogP contribution in [0.5, 0.6) is 5.75 Å². The molecule has 8 heteroatoms. The monoisotopic (exact) mass is 418 g/mol. The summed E-state index contributed by atoms with van der Waals surface area (Å²) in [5, 5.41) is 4.60. The average molecular weight is 418 g/mol. The van der Waals surface area contributed by atoms with Gasteiger partial charge in [0.15, 0.2) is 10.9 Å². The number of fused-ring (bicyclic) bond motifs is 1. The molecule has 0 aliphatic rings. The molecular formula is C22H18N4O3S. The highest BCUT2D eigenvalue weighted by Gasteiger charge is 2.19. The summed E-state index contributed by atoms with van der Waals surface area (Å²) >= 11 is 1.22. The first-order valence-electron chi connectivity index (χ1n) is 9.12. The van der Waals surface area contributed by atoms with Gasteiger partial charge in [0.05, 0.1) is 24.5 Å². The number of methoxy groups -OCH3 is 1. The third kappa shape index (κ3) is 4.13. The zero-order valence-corrected chi connectivity index (χ0v) is 16.9. The van der Waals surface area contributed by atoms with Crippen molar-refractivity contribution in [2.75, 3.05) is 12.4 Å². The van der Waals surface area contributed by atoms with Crippen LogP contribution in [0.15, 0.2) is 60.8 Å². The molecule has 0 saturated heterocycles. The lowest BCUT2D eigenvalue weighted by atomic mass is 10.1. The van der Waals surface area contributed by atoms with Gasteiger partial charge in [-0.2, -0.15) is 0 Å². The number of ketones is 1. The number of nitrogens with two attached hydrogens (primary N) is 1. The summed E-state index contributed by atoms with van der Waals surface area (Å²) in [7, 11) is 1.56. The van der Waals surface area contributed by atoms with Crippen molar-refractivity contribution < 1.29 is 14.3 Å². The van der Waals surface area contributed by atoms with Crippen molar-refractivity contribution in [2.45, 2.75) is 6.42 Å². The first-order valence-corrected chi connectivity index (χ1v) is 9.93. The molecule has 0 aliphatic carbocycles. The van der Waals surface area contributed by atoms with Gasteiger partial charge in [0.1, 0.15) is 11.4 Å². The fourth-order valence-electron chi connectivity index (χ4n) is 3.01. The molecule has 0 radical (unpaired) electrons. The number of para-hydroxylation sites is 1. The fourth-order valence-corrected chi connectivity index (χ4v) is 3.99. The number of hydrogen-bond donors (Lipinski definition) is 2. The van der Waals surface area contributed by atoms with Crippen LogP contribution in [0.4, 0.5) is 10.8 Å². The summed E-state index contributed by atoms with van der Waals surface area (Å²) in [6, 6.07) is 16.5. The maximum Gasteiger partial charge on any atom is 0.268 e. The normalized spacial score (nSPS) is 10.7. The predicted octanol–water partition coefficient (Wildman–Crippen LogP) is 3.97. The highest BCUT2D eigenvalue weighted by atomic mass is 32.1. The summed E-state index contributed by atoms with van der Waals surface area (Å²) in [6.45, 7) is 0. The SMILES string of the molecule is COc1ccc(C(=O)Cc2sc(Nc3cnc4ccccc4c3)nc2C(N)=O)cc1. The molecule has 1 amide bonds. The molecule has 0 atom stereocenters. The standard InChI is InChI=1S/C22H18N4O3S/c1-29-16-8-6-13(7-9-16)18(27)11-19-20(21(23)28)26-22(30-19)25-15-10-14-4-2-3-5-17(14)24-12-15/h2-10,12H,11H2,1H3,(H2,23,28)(H,25,26). The van der Waals surface area contributed by atoms with E-state index >= 15 is 0 Å². The highest BCUT2D eigenvalue weighted by Crippen LogP contribution is 2.28. The molecule has 2 heterocycles. The van der Waals surface area contributed by atoms with Crippen LogP contribution < -0.4 is 15.8 Å². The van der Waals surface area contributed by atoms with E-state index in [9.17, 15) is 9.59 Å². The van der Waals surface area contributed by atoms with Crippen LogP contribution in [-0.2, 0) is 6.42 Å². The average Bonchev–Trinajstić information content (AvgIpc) is 3.16. The van der Waals surface area contributed by atoms with Crippen LogP contribution >= 0.6 is 11.3 Å².